The van der Waals surface area contributed by atoms with E-state index >= 15 is 0 Å². The molecule has 0 unspecified atom stereocenters. The Bertz CT molecular complexity index is 768. The van der Waals surface area contributed by atoms with Crippen molar-refractivity contribution in [3.8, 4) is 11.5 Å². The fourth-order valence-corrected chi connectivity index (χ4v) is 2.83. The molecule has 0 spiro atoms. The van der Waals surface area contributed by atoms with Crippen LogP contribution in [0.1, 0.15) is 17.2 Å². The summed E-state index contributed by atoms with van der Waals surface area (Å²) in [4.78, 5) is 13.1. The zero-order valence-electron chi connectivity index (χ0n) is 12.1. The summed E-state index contributed by atoms with van der Waals surface area (Å²) in [6, 6.07) is 9.22. The minimum Gasteiger partial charge on any atom is -0.334 e. The summed E-state index contributed by atoms with van der Waals surface area (Å²) in [5.74, 6) is 1.64. The maximum absolute atomic E-state index is 5.86. The number of halogens is 1. The van der Waals surface area contributed by atoms with Crippen molar-refractivity contribution >= 4 is 23.4 Å². The van der Waals surface area contributed by atoms with Crippen LogP contribution < -0.4 is 0 Å². The molecule has 0 amide bonds. The van der Waals surface area contributed by atoms with E-state index in [1.165, 1.54) is 11.8 Å². The minimum atomic E-state index is 0.480. The highest BCUT2D eigenvalue weighted by Crippen LogP contribution is 2.22. The lowest BCUT2D eigenvalue weighted by molar-refractivity contribution is 0.425. The maximum atomic E-state index is 5.86. The molecule has 5 nitrogen and oxygen atoms in total. The third-order valence-corrected chi connectivity index (χ3v) is 3.95. The molecule has 3 rings (SSSR count). The number of hydrogen-bond donors (Lipinski definition) is 0. The predicted molar refractivity (Wildman–Crippen MR) is 85.8 cm³/mol. The van der Waals surface area contributed by atoms with Gasteiger partial charge in [0.2, 0.25) is 0 Å². The van der Waals surface area contributed by atoms with Crippen molar-refractivity contribution in [2.75, 3.05) is 0 Å². The fraction of sp³-hybridized carbons (Fsp3) is 0.200. The molecule has 0 atom stereocenters. The Labute approximate surface area is 137 Å². The van der Waals surface area contributed by atoms with Gasteiger partial charge in [-0.2, -0.15) is 4.98 Å². The zero-order chi connectivity index (χ0) is 15.5. The lowest BCUT2D eigenvalue weighted by Crippen LogP contribution is -1.93. The van der Waals surface area contributed by atoms with Gasteiger partial charge in [0.15, 0.2) is 11.0 Å². The Morgan fingerprint density at radius 2 is 1.73 bits per heavy atom. The van der Waals surface area contributed by atoms with E-state index in [-0.39, 0.29) is 0 Å². The summed E-state index contributed by atoms with van der Waals surface area (Å²) in [6.07, 6.45) is 0. The number of thioether (sulfide) groups is 1. The first-order valence-electron chi connectivity index (χ1n) is 6.64. The SMILES string of the molecule is Cc1cc(C)nc(SCc2noc(-c3ccc(Cl)cc3)n2)n1. The second kappa shape index (κ2) is 6.46. The smallest absolute Gasteiger partial charge is 0.257 e. The first-order valence-corrected chi connectivity index (χ1v) is 8.00. The molecule has 0 fully saturated rings. The fourth-order valence-electron chi connectivity index (χ4n) is 1.91. The van der Waals surface area contributed by atoms with Crippen LogP contribution >= 0.6 is 23.4 Å². The van der Waals surface area contributed by atoms with E-state index in [1.54, 1.807) is 12.1 Å². The molecule has 0 aliphatic heterocycles. The average Bonchev–Trinajstić information content (AvgIpc) is 2.94. The van der Waals surface area contributed by atoms with Crippen LogP contribution in [0.3, 0.4) is 0 Å². The van der Waals surface area contributed by atoms with Crippen molar-refractivity contribution in [1.29, 1.82) is 0 Å². The number of aromatic nitrogens is 4. The topological polar surface area (TPSA) is 64.7 Å². The number of rotatable bonds is 4. The molecule has 0 saturated carbocycles. The van der Waals surface area contributed by atoms with Crippen molar-refractivity contribution in [1.82, 2.24) is 20.1 Å². The van der Waals surface area contributed by atoms with Crippen LogP contribution in [0, 0.1) is 13.8 Å². The summed E-state index contributed by atoms with van der Waals surface area (Å²) in [5.41, 5.74) is 2.74. The standard InChI is InChI=1S/C15H13ClN4OS/c1-9-7-10(2)18-15(17-9)22-8-13-19-14(21-20-13)11-3-5-12(16)6-4-11/h3-7H,8H2,1-2H3. The third-order valence-electron chi connectivity index (χ3n) is 2.85. The van der Waals surface area contributed by atoms with E-state index in [0.717, 1.165) is 22.1 Å². The number of hydrogen-bond acceptors (Lipinski definition) is 6. The van der Waals surface area contributed by atoms with Gasteiger partial charge in [-0.15, -0.1) is 0 Å². The van der Waals surface area contributed by atoms with Crippen molar-refractivity contribution in [3.05, 3.63) is 52.6 Å². The van der Waals surface area contributed by atoms with Crippen molar-refractivity contribution in [2.24, 2.45) is 0 Å². The largest absolute Gasteiger partial charge is 0.334 e. The quantitative estimate of drug-likeness (QED) is 0.529. The maximum Gasteiger partial charge on any atom is 0.257 e. The lowest BCUT2D eigenvalue weighted by Gasteiger charge is -2.00. The van der Waals surface area contributed by atoms with Crippen molar-refractivity contribution in [3.63, 3.8) is 0 Å². The third kappa shape index (κ3) is 3.64. The summed E-state index contributed by atoms with van der Waals surface area (Å²) >= 11 is 7.35. The van der Waals surface area contributed by atoms with Gasteiger partial charge in [-0.1, -0.05) is 28.5 Å². The average molecular weight is 333 g/mol. The Balaban J connectivity index is 1.70. The molecule has 0 aliphatic carbocycles. The summed E-state index contributed by atoms with van der Waals surface area (Å²) in [7, 11) is 0. The van der Waals surface area contributed by atoms with E-state index in [4.69, 9.17) is 16.1 Å². The van der Waals surface area contributed by atoms with Gasteiger partial charge in [-0.25, -0.2) is 9.97 Å². The Hall–Kier alpha value is -1.92. The van der Waals surface area contributed by atoms with Gasteiger partial charge < -0.3 is 4.52 Å². The molecule has 3 aromatic rings. The molecule has 1 aromatic carbocycles. The molecule has 22 heavy (non-hydrogen) atoms. The van der Waals surface area contributed by atoms with Gasteiger partial charge in [0.05, 0.1) is 5.75 Å². The van der Waals surface area contributed by atoms with Gasteiger partial charge in [0.1, 0.15) is 0 Å². The Morgan fingerprint density at radius 1 is 1.05 bits per heavy atom. The van der Waals surface area contributed by atoms with E-state index in [1.807, 2.05) is 32.0 Å². The van der Waals surface area contributed by atoms with Gasteiger partial charge in [-0.3, -0.25) is 0 Å². The number of aryl methyl sites for hydroxylation is 2. The van der Waals surface area contributed by atoms with Crippen molar-refractivity contribution < 1.29 is 4.52 Å². The van der Waals surface area contributed by atoms with Gasteiger partial charge in [0.25, 0.3) is 5.89 Å². The zero-order valence-corrected chi connectivity index (χ0v) is 13.6. The first kappa shape index (κ1) is 15.0. The molecule has 0 radical (unpaired) electrons. The van der Waals surface area contributed by atoms with Gasteiger partial charge in [-0.05, 0) is 44.2 Å². The molecule has 2 aromatic heterocycles. The van der Waals surface area contributed by atoms with Crippen LogP contribution in [0.4, 0.5) is 0 Å². The van der Waals surface area contributed by atoms with Crippen LogP contribution in [0.5, 0.6) is 0 Å². The molecule has 112 valence electrons. The normalized spacial score (nSPS) is 10.9. The molecule has 0 N–H and O–H groups in total. The summed E-state index contributed by atoms with van der Waals surface area (Å²) < 4.78 is 5.27. The van der Waals surface area contributed by atoms with Gasteiger partial charge >= 0.3 is 0 Å². The van der Waals surface area contributed by atoms with E-state index in [2.05, 4.69) is 20.1 Å². The minimum absolute atomic E-state index is 0.480. The highest BCUT2D eigenvalue weighted by molar-refractivity contribution is 7.98. The summed E-state index contributed by atoms with van der Waals surface area (Å²) in [6.45, 7) is 3.90. The Morgan fingerprint density at radius 3 is 2.41 bits per heavy atom. The van der Waals surface area contributed by atoms with E-state index < -0.39 is 0 Å². The monoisotopic (exact) mass is 332 g/mol. The molecular weight excluding hydrogens is 320 g/mol. The highest BCUT2D eigenvalue weighted by atomic mass is 35.5. The van der Waals surface area contributed by atoms with E-state index in [9.17, 15) is 0 Å². The van der Waals surface area contributed by atoms with Crippen molar-refractivity contribution in [2.45, 2.75) is 24.8 Å². The second-order valence-corrected chi connectivity index (χ2v) is 6.12. The van der Waals surface area contributed by atoms with Crippen LogP contribution in [0.15, 0.2) is 40.0 Å². The molecule has 0 saturated heterocycles. The summed E-state index contributed by atoms with van der Waals surface area (Å²) in [5, 5.41) is 5.37. The number of nitrogens with zero attached hydrogens (tertiary/aromatic N) is 4. The number of benzene rings is 1. The first-order chi connectivity index (χ1) is 10.6. The van der Waals surface area contributed by atoms with Crippen LogP contribution in [-0.4, -0.2) is 20.1 Å². The molecule has 2 heterocycles. The lowest BCUT2D eigenvalue weighted by atomic mass is 10.2. The van der Waals surface area contributed by atoms with Gasteiger partial charge in [0, 0.05) is 22.0 Å². The molecule has 0 bridgehead atoms. The van der Waals surface area contributed by atoms with Crippen LogP contribution in [0.25, 0.3) is 11.5 Å². The van der Waals surface area contributed by atoms with E-state index in [0.29, 0.717) is 22.5 Å². The molecule has 7 heteroatoms. The Kier molecular flexibility index (Phi) is 4.40. The van der Waals surface area contributed by atoms with Crippen LogP contribution in [0.2, 0.25) is 5.02 Å². The molecule has 0 aliphatic rings. The van der Waals surface area contributed by atoms with Crippen LogP contribution in [-0.2, 0) is 5.75 Å². The molecular formula is C15H13ClN4OS. The second-order valence-electron chi connectivity index (χ2n) is 4.74. The highest BCUT2D eigenvalue weighted by Gasteiger charge is 2.10. The predicted octanol–water partition coefficient (Wildman–Crippen LogP) is 4.09.